The highest BCUT2D eigenvalue weighted by Gasteiger charge is 2.44. The van der Waals surface area contributed by atoms with Gasteiger partial charge in [0.05, 0.1) is 12.9 Å². The summed E-state index contributed by atoms with van der Waals surface area (Å²) in [7, 11) is 0. The van der Waals surface area contributed by atoms with E-state index in [1.165, 1.54) is 10.9 Å². The monoisotopic (exact) mass is 319 g/mol. The van der Waals surface area contributed by atoms with E-state index < -0.39 is 31.1 Å². The maximum absolute atomic E-state index is 9.99. The summed E-state index contributed by atoms with van der Waals surface area (Å²) in [6.45, 7) is -0.417. The first-order valence-corrected chi connectivity index (χ1v) is 6.18. The van der Waals surface area contributed by atoms with Gasteiger partial charge in [-0.1, -0.05) is 0 Å². The van der Waals surface area contributed by atoms with E-state index in [2.05, 4.69) is 15.0 Å². The fourth-order valence-corrected chi connectivity index (χ4v) is 2.38. The first-order valence-electron chi connectivity index (χ1n) is 5.81. The Morgan fingerprint density at radius 2 is 2.05 bits per heavy atom. The van der Waals surface area contributed by atoms with Crippen LogP contribution in [0.1, 0.15) is 6.23 Å². The van der Waals surface area contributed by atoms with E-state index in [9.17, 15) is 10.2 Å². The lowest BCUT2D eigenvalue weighted by Gasteiger charge is -2.16. The van der Waals surface area contributed by atoms with E-state index in [1.54, 1.807) is 0 Å². The molecule has 0 aromatic carbocycles. The second-order valence-corrected chi connectivity index (χ2v) is 4.77. The Morgan fingerprint density at radius 1 is 1.33 bits per heavy atom. The summed E-state index contributed by atoms with van der Waals surface area (Å²) in [6.07, 6.45) is -2.93. The molecule has 0 spiro atoms. The molecule has 0 saturated carbocycles. The Balaban J connectivity index is 0.00000161. The largest absolute Gasteiger partial charge is 0.412 e. The normalized spacial score (nSPS) is 28.8. The van der Waals surface area contributed by atoms with Crippen LogP contribution in [0.4, 0.5) is 5.82 Å². The van der Waals surface area contributed by atoms with Gasteiger partial charge >= 0.3 is 0 Å². The number of nitrogens with zero attached hydrogens (tertiary/aromatic N) is 4. The van der Waals surface area contributed by atoms with Gasteiger partial charge in [0.1, 0.15) is 23.8 Å². The molecule has 3 rings (SSSR count). The highest BCUT2D eigenvalue weighted by molar-refractivity contribution is 6.28. The number of aliphatic hydroxyl groups is 3. The summed E-state index contributed by atoms with van der Waals surface area (Å²) in [5.41, 5.74) is 6.27. The van der Waals surface area contributed by atoms with E-state index >= 15 is 0 Å². The van der Waals surface area contributed by atoms with Gasteiger partial charge in [0.25, 0.3) is 0 Å². The lowest BCUT2D eigenvalue weighted by Crippen LogP contribution is -2.33. The molecule has 1 aliphatic rings. The third kappa shape index (κ3) is 2.41. The fourth-order valence-electron chi connectivity index (χ4n) is 2.21. The van der Waals surface area contributed by atoms with Gasteiger partial charge < -0.3 is 31.3 Å². The molecule has 1 fully saturated rings. The third-order valence-electron chi connectivity index (χ3n) is 3.21. The van der Waals surface area contributed by atoms with Crippen LogP contribution in [0.15, 0.2) is 6.33 Å². The van der Waals surface area contributed by atoms with Crippen LogP contribution in [-0.4, -0.2) is 65.2 Å². The molecule has 116 valence electrons. The van der Waals surface area contributed by atoms with Crippen molar-refractivity contribution in [2.24, 2.45) is 0 Å². The number of nitrogen functional groups attached to an aromatic ring is 1. The smallest absolute Gasteiger partial charge is 0.226 e. The van der Waals surface area contributed by atoms with E-state index in [0.29, 0.717) is 5.52 Å². The number of rotatable bonds is 2. The number of fused-ring (bicyclic) bond motifs is 1. The maximum atomic E-state index is 9.99. The van der Waals surface area contributed by atoms with E-state index in [0.717, 1.165) is 0 Å². The Kier molecular flexibility index (Phi) is 4.27. The lowest BCUT2D eigenvalue weighted by atomic mass is 10.1. The SMILES string of the molecule is Nc1nc(Cl)nc2c1ncn2[C@@H]1O[C@H](CO)[C@H](O)[C@@H]1O.O. The Labute approximate surface area is 123 Å². The first kappa shape index (κ1) is 15.8. The number of aliphatic hydroxyl groups excluding tert-OH is 3. The van der Waals surface area contributed by atoms with Gasteiger partial charge in [-0.15, -0.1) is 0 Å². The van der Waals surface area contributed by atoms with Crippen LogP contribution in [0.5, 0.6) is 0 Å². The maximum Gasteiger partial charge on any atom is 0.226 e. The molecule has 0 aliphatic carbocycles. The van der Waals surface area contributed by atoms with Crippen LogP contribution in [0.25, 0.3) is 11.2 Å². The summed E-state index contributed by atoms with van der Waals surface area (Å²) in [5.74, 6) is 0.102. The van der Waals surface area contributed by atoms with Crippen LogP contribution in [0, 0.1) is 0 Å². The molecule has 11 heteroatoms. The Hall–Kier alpha value is -1.56. The molecule has 0 bridgehead atoms. The third-order valence-corrected chi connectivity index (χ3v) is 3.38. The molecule has 1 aliphatic heterocycles. The lowest BCUT2D eigenvalue weighted by molar-refractivity contribution is -0.0511. The number of imidazole rings is 1. The van der Waals surface area contributed by atoms with Gasteiger partial charge in [0, 0.05) is 0 Å². The second kappa shape index (κ2) is 5.67. The van der Waals surface area contributed by atoms with Crippen molar-refractivity contribution in [3.63, 3.8) is 0 Å². The highest BCUT2D eigenvalue weighted by atomic mass is 35.5. The fraction of sp³-hybridized carbons (Fsp3) is 0.500. The predicted molar refractivity (Wildman–Crippen MR) is 71.4 cm³/mol. The molecule has 1 saturated heterocycles. The van der Waals surface area contributed by atoms with Crippen molar-refractivity contribution in [1.29, 1.82) is 0 Å². The molecular weight excluding hydrogens is 306 g/mol. The molecule has 3 heterocycles. The minimum atomic E-state index is -1.24. The molecule has 7 N–H and O–H groups in total. The van der Waals surface area contributed by atoms with Crippen molar-refractivity contribution in [2.45, 2.75) is 24.5 Å². The minimum Gasteiger partial charge on any atom is -0.412 e. The molecule has 0 amide bonds. The van der Waals surface area contributed by atoms with Crippen molar-refractivity contribution in [3.8, 4) is 0 Å². The van der Waals surface area contributed by atoms with E-state index in [1.807, 2.05) is 0 Å². The average Bonchev–Trinajstić information content (AvgIpc) is 2.93. The van der Waals surface area contributed by atoms with Gasteiger partial charge in [-0.3, -0.25) is 4.57 Å². The summed E-state index contributed by atoms with van der Waals surface area (Å²) in [5, 5.41) is 28.8. The summed E-state index contributed by atoms with van der Waals surface area (Å²) in [6, 6.07) is 0. The van der Waals surface area contributed by atoms with Crippen LogP contribution in [-0.2, 0) is 4.74 Å². The molecule has 10 nitrogen and oxygen atoms in total. The minimum absolute atomic E-state index is 0. The zero-order chi connectivity index (χ0) is 14.4. The van der Waals surface area contributed by atoms with Crippen molar-refractivity contribution in [2.75, 3.05) is 12.3 Å². The molecule has 2 aromatic heterocycles. The number of hydrogen-bond donors (Lipinski definition) is 4. The number of aromatic nitrogens is 4. The van der Waals surface area contributed by atoms with Gasteiger partial charge in [-0.25, -0.2) is 4.98 Å². The molecule has 21 heavy (non-hydrogen) atoms. The van der Waals surface area contributed by atoms with Crippen molar-refractivity contribution in [3.05, 3.63) is 11.6 Å². The molecular formula is C10H14ClN5O5. The summed E-state index contributed by atoms with van der Waals surface area (Å²) >= 11 is 5.74. The second-order valence-electron chi connectivity index (χ2n) is 4.43. The van der Waals surface area contributed by atoms with Crippen molar-refractivity contribution in [1.82, 2.24) is 19.5 Å². The first-order chi connectivity index (χ1) is 9.52. The average molecular weight is 320 g/mol. The van der Waals surface area contributed by atoms with Gasteiger partial charge in [0.2, 0.25) is 5.28 Å². The quantitative estimate of drug-likeness (QED) is 0.453. The van der Waals surface area contributed by atoms with Crippen LogP contribution < -0.4 is 5.73 Å². The summed E-state index contributed by atoms with van der Waals surface area (Å²) in [4.78, 5) is 11.8. The van der Waals surface area contributed by atoms with Gasteiger partial charge in [-0.2, -0.15) is 9.97 Å². The molecule has 0 radical (unpaired) electrons. The topological polar surface area (TPSA) is 171 Å². The Bertz CT molecular complexity index is 652. The zero-order valence-electron chi connectivity index (χ0n) is 10.6. The zero-order valence-corrected chi connectivity index (χ0v) is 11.3. The van der Waals surface area contributed by atoms with E-state index in [-0.39, 0.29) is 22.2 Å². The molecule has 2 aromatic rings. The number of hydrogen-bond acceptors (Lipinski definition) is 8. The number of ether oxygens (including phenoxy) is 1. The standard InChI is InChI=1S/C10H12ClN5O4.H2O/c11-10-14-7(12)4-8(15-10)16(2-13-4)9-6(19)5(18)3(1-17)20-9;/h2-3,5-6,9,17-19H,1H2,(H2,12,14,15);1H2/t3-,5+,6+,9-;/m1./s1. The predicted octanol–water partition coefficient (Wildman–Crippen LogP) is -2.15. The van der Waals surface area contributed by atoms with E-state index in [4.69, 9.17) is 27.2 Å². The van der Waals surface area contributed by atoms with Crippen molar-refractivity contribution >= 4 is 28.6 Å². The van der Waals surface area contributed by atoms with Gasteiger partial charge in [0.15, 0.2) is 17.7 Å². The number of halogens is 1. The highest BCUT2D eigenvalue weighted by Crippen LogP contribution is 2.32. The van der Waals surface area contributed by atoms with Crippen molar-refractivity contribution < 1.29 is 25.5 Å². The van der Waals surface area contributed by atoms with Crippen LogP contribution in [0.3, 0.4) is 0 Å². The number of anilines is 1. The molecule has 4 atom stereocenters. The molecule has 0 unspecified atom stereocenters. The van der Waals surface area contributed by atoms with Crippen LogP contribution >= 0.6 is 11.6 Å². The number of nitrogens with two attached hydrogens (primary N) is 1. The summed E-state index contributed by atoms with van der Waals surface area (Å²) < 4.78 is 6.79. The van der Waals surface area contributed by atoms with Crippen LogP contribution in [0.2, 0.25) is 5.28 Å². The van der Waals surface area contributed by atoms with Gasteiger partial charge in [-0.05, 0) is 11.6 Å². The Morgan fingerprint density at radius 3 is 2.67 bits per heavy atom.